The first-order valence-corrected chi connectivity index (χ1v) is 7.25. The average molecular weight is 410 g/mol. The molecule has 1 aliphatic rings. The highest BCUT2D eigenvalue weighted by Crippen LogP contribution is 2.32. The maximum atomic E-state index is 14.0. The molecule has 130 valence electrons. The average Bonchev–Trinajstić information content (AvgIpc) is 2.46. The van der Waals surface area contributed by atoms with Gasteiger partial charge in [0.25, 0.3) is 5.79 Å². The molecule has 0 bridgehead atoms. The van der Waals surface area contributed by atoms with Gasteiger partial charge in [-0.3, -0.25) is 0 Å². The van der Waals surface area contributed by atoms with Crippen molar-refractivity contribution in [3.05, 3.63) is 39.1 Å². The van der Waals surface area contributed by atoms with Gasteiger partial charge in [-0.25, -0.2) is 14.0 Å². The summed E-state index contributed by atoms with van der Waals surface area (Å²) < 4.78 is 62.4. The number of aliphatic hydroxyl groups is 1. The zero-order valence-electron chi connectivity index (χ0n) is 15.4. The SMILES string of the molecule is [2H]C([2H])([2H])Oc1cc(CC(O)=C2C(=O)OC(C)(C)OC2=O)c(Br)c(F)c1F. The van der Waals surface area contributed by atoms with E-state index in [0.29, 0.717) is 0 Å². The van der Waals surface area contributed by atoms with Crippen molar-refractivity contribution >= 4 is 27.9 Å². The standard InChI is InChI=1S/C15H13BrF2O6/c1-15(2)23-13(20)9(14(21)24-15)7(19)4-6-5-8(22-3)11(17)12(18)10(6)16/h5,19H,4H2,1-3H3/i3D3. The number of allylic oxidation sites excluding steroid dienone is 1. The van der Waals surface area contributed by atoms with E-state index < -0.39 is 64.4 Å². The second-order valence-electron chi connectivity index (χ2n) is 5.26. The van der Waals surface area contributed by atoms with Gasteiger partial charge >= 0.3 is 11.9 Å². The Morgan fingerprint density at radius 1 is 1.33 bits per heavy atom. The molecule has 1 aliphatic heterocycles. The van der Waals surface area contributed by atoms with Crippen LogP contribution < -0.4 is 4.74 Å². The van der Waals surface area contributed by atoms with E-state index in [1.54, 1.807) is 0 Å². The van der Waals surface area contributed by atoms with E-state index in [9.17, 15) is 23.5 Å². The third-order valence-corrected chi connectivity index (χ3v) is 3.89. The maximum absolute atomic E-state index is 14.0. The first-order valence-electron chi connectivity index (χ1n) is 7.96. The summed E-state index contributed by atoms with van der Waals surface area (Å²) in [6, 6.07) is 0.815. The third kappa shape index (κ3) is 3.35. The summed E-state index contributed by atoms with van der Waals surface area (Å²) in [6.45, 7) is 2.61. The molecule has 1 aromatic rings. The van der Waals surface area contributed by atoms with Crippen LogP contribution in [0.25, 0.3) is 0 Å². The number of hydrogen-bond acceptors (Lipinski definition) is 6. The van der Waals surface area contributed by atoms with Gasteiger partial charge in [0.05, 0.1) is 15.6 Å². The van der Waals surface area contributed by atoms with Crippen LogP contribution in [0.1, 0.15) is 23.5 Å². The number of ether oxygens (including phenoxy) is 3. The molecule has 6 nitrogen and oxygen atoms in total. The molecule has 24 heavy (non-hydrogen) atoms. The number of carbonyl (C=O) groups excluding carboxylic acids is 2. The van der Waals surface area contributed by atoms with Crippen molar-refractivity contribution in [2.24, 2.45) is 0 Å². The fourth-order valence-electron chi connectivity index (χ4n) is 1.99. The number of cyclic esters (lactones) is 2. The van der Waals surface area contributed by atoms with Gasteiger partial charge in [-0.2, -0.15) is 4.39 Å². The zero-order valence-corrected chi connectivity index (χ0v) is 14.0. The fraction of sp³-hybridized carbons (Fsp3) is 0.333. The van der Waals surface area contributed by atoms with Crippen molar-refractivity contribution in [3.8, 4) is 5.75 Å². The molecule has 9 heteroatoms. The van der Waals surface area contributed by atoms with Crippen LogP contribution in [0.5, 0.6) is 5.75 Å². The molecule has 0 amide bonds. The number of halogens is 3. The van der Waals surface area contributed by atoms with Crippen LogP contribution in [0.4, 0.5) is 8.78 Å². The second kappa shape index (κ2) is 6.39. The fourth-order valence-corrected chi connectivity index (χ4v) is 2.42. The van der Waals surface area contributed by atoms with Crippen molar-refractivity contribution in [2.45, 2.75) is 26.1 Å². The predicted molar refractivity (Wildman–Crippen MR) is 80.2 cm³/mol. The molecule has 0 aliphatic carbocycles. The predicted octanol–water partition coefficient (Wildman–Crippen LogP) is 2.93. The maximum Gasteiger partial charge on any atom is 0.352 e. The molecule has 0 radical (unpaired) electrons. The Labute approximate surface area is 148 Å². The minimum absolute atomic E-state index is 0.191. The van der Waals surface area contributed by atoms with Crippen LogP contribution in [0.3, 0.4) is 0 Å². The number of rotatable bonds is 3. The van der Waals surface area contributed by atoms with E-state index in [0.717, 1.165) is 6.07 Å². The van der Waals surface area contributed by atoms with Gasteiger partial charge in [-0.05, 0) is 27.6 Å². The Balaban J connectivity index is 2.44. The molecule has 0 atom stereocenters. The Hall–Kier alpha value is -2.16. The molecule has 2 rings (SSSR count). The monoisotopic (exact) mass is 409 g/mol. The van der Waals surface area contributed by atoms with Crippen molar-refractivity contribution in [1.82, 2.24) is 0 Å². The van der Waals surface area contributed by atoms with Crippen LogP contribution in [0, 0.1) is 11.6 Å². The molecular formula is C15H13BrF2O6. The van der Waals surface area contributed by atoms with Crippen molar-refractivity contribution in [2.75, 3.05) is 7.04 Å². The summed E-state index contributed by atoms with van der Waals surface area (Å²) in [6.07, 6.45) is -0.644. The van der Waals surface area contributed by atoms with E-state index in [2.05, 4.69) is 20.7 Å². The number of benzene rings is 1. The molecule has 1 fully saturated rings. The Morgan fingerprint density at radius 2 is 1.92 bits per heavy atom. The van der Waals surface area contributed by atoms with Crippen LogP contribution >= 0.6 is 15.9 Å². The number of methoxy groups -OCH3 is 1. The highest BCUT2D eigenvalue weighted by molar-refractivity contribution is 9.10. The van der Waals surface area contributed by atoms with Crippen molar-refractivity contribution in [3.63, 3.8) is 0 Å². The smallest absolute Gasteiger partial charge is 0.352 e. The van der Waals surface area contributed by atoms with Gasteiger partial charge in [0, 0.05) is 20.3 Å². The first-order chi connectivity index (χ1) is 12.2. The molecular weight excluding hydrogens is 394 g/mol. The quantitative estimate of drug-likeness (QED) is 0.271. The van der Waals surface area contributed by atoms with Gasteiger partial charge in [0.1, 0.15) is 5.76 Å². The van der Waals surface area contributed by atoms with Crippen molar-refractivity contribution < 1.29 is 41.8 Å². The normalized spacial score (nSPS) is 18.9. The summed E-state index contributed by atoms with van der Waals surface area (Å²) in [5.74, 6) is -8.66. The highest BCUT2D eigenvalue weighted by atomic mass is 79.9. The molecule has 1 heterocycles. The lowest BCUT2D eigenvalue weighted by molar-refractivity contribution is -0.222. The third-order valence-electron chi connectivity index (χ3n) is 3.03. The topological polar surface area (TPSA) is 82.1 Å². The zero-order chi connectivity index (χ0) is 20.7. The Bertz CT molecular complexity index is 829. The van der Waals surface area contributed by atoms with Crippen molar-refractivity contribution in [1.29, 1.82) is 0 Å². The molecule has 0 saturated carbocycles. The summed E-state index contributed by atoms with van der Waals surface area (Å²) in [7, 11) is -3.05. The summed E-state index contributed by atoms with van der Waals surface area (Å²) in [4.78, 5) is 23.9. The number of aliphatic hydroxyl groups excluding tert-OH is 1. The number of carbonyl (C=O) groups is 2. The lowest BCUT2D eigenvalue weighted by Gasteiger charge is -2.30. The van der Waals surface area contributed by atoms with Crippen LogP contribution in [0.15, 0.2) is 21.9 Å². The molecule has 0 aromatic heterocycles. The van der Waals surface area contributed by atoms with Crippen LogP contribution in [-0.4, -0.2) is 29.9 Å². The van der Waals surface area contributed by atoms with Gasteiger partial charge in [0.2, 0.25) is 5.82 Å². The Kier molecular flexibility index (Phi) is 3.78. The van der Waals surface area contributed by atoms with Gasteiger partial charge < -0.3 is 19.3 Å². The van der Waals surface area contributed by atoms with Crippen LogP contribution in [-0.2, 0) is 25.5 Å². The summed E-state index contributed by atoms with van der Waals surface area (Å²) in [5, 5.41) is 10.1. The molecule has 0 unspecified atom stereocenters. The molecule has 1 N–H and O–H groups in total. The van der Waals surface area contributed by atoms with E-state index in [1.165, 1.54) is 13.8 Å². The van der Waals surface area contributed by atoms with Gasteiger partial charge in [0.15, 0.2) is 17.1 Å². The molecule has 1 aromatic carbocycles. The van der Waals surface area contributed by atoms with Gasteiger partial charge in [-0.1, -0.05) is 0 Å². The Morgan fingerprint density at radius 3 is 2.46 bits per heavy atom. The van der Waals surface area contributed by atoms with E-state index in [4.69, 9.17) is 13.6 Å². The number of esters is 2. The largest absolute Gasteiger partial charge is 0.511 e. The molecule has 1 saturated heterocycles. The van der Waals surface area contributed by atoms with E-state index in [-0.39, 0.29) is 5.56 Å². The lowest BCUT2D eigenvalue weighted by Crippen LogP contribution is -2.42. The van der Waals surface area contributed by atoms with E-state index in [1.807, 2.05) is 0 Å². The molecule has 0 spiro atoms. The lowest BCUT2D eigenvalue weighted by atomic mass is 10.1. The van der Waals surface area contributed by atoms with Gasteiger partial charge in [-0.15, -0.1) is 0 Å². The van der Waals surface area contributed by atoms with E-state index >= 15 is 0 Å². The minimum Gasteiger partial charge on any atom is -0.511 e. The summed E-state index contributed by atoms with van der Waals surface area (Å²) >= 11 is 2.77. The highest BCUT2D eigenvalue weighted by Gasteiger charge is 2.41. The first kappa shape index (κ1) is 14.2. The van der Waals surface area contributed by atoms with Crippen LogP contribution in [0.2, 0.25) is 0 Å². The second-order valence-corrected chi connectivity index (χ2v) is 6.05. The minimum atomic E-state index is -3.05. The number of hydrogen-bond donors (Lipinski definition) is 1. The summed E-state index contributed by atoms with van der Waals surface area (Å²) in [5.41, 5.74) is -1.01.